The van der Waals surface area contributed by atoms with E-state index < -0.39 is 28.8 Å². The minimum absolute atomic E-state index is 0.141. The van der Waals surface area contributed by atoms with Crippen LogP contribution in [0.4, 0.5) is 18.9 Å². The van der Waals surface area contributed by atoms with Gasteiger partial charge in [-0.3, -0.25) is 4.79 Å². The number of ketones is 1. The monoisotopic (exact) mass is 228 g/mol. The molecule has 0 spiro atoms. The van der Waals surface area contributed by atoms with Crippen molar-refractivity contribution in [3.05, 3.63) is 28.8 Å². The Hall–Kier alpha value is -2.03. The third-order valence-electron chi connectivity index (χ3n) is 2.02. The predicted molar refractivity (Wildman–Crippen MR) is 50.6 cm³/mol. The first-order chi connectivity index (χ1) is 7.29. The van der Waals surface area contributed by atoms with Crippen LogP contribution in [-0.4, -0.2) is 5.78 Å². The molecule has 0 unspecified atom stereocenters. The van der Waals surface area contributed by atoms with Crippen LogP contribution in [0, 0.1) is 11.3 Å². The molecular formula is C10H7F3N2O. The van der Waals surface area contributed by atoms with Crippen molar-refractivity contribution in [2.45, 2.75) is 13.1 Å². The van der Waals surface area contributed by atoms with Crippen molar-refractivity contribution >= 4 is 11.5 Å². The summed E-state index contributed by atoms with van der Waals surface area (Å²) in [6.07, 6.45) is -4.66. The molecule has 1 rings (SSSR count). The maximum Gasteiger partial charge on any atom is 0.417 e. The Morgan fingerprint density at radius 2 is 2.00 bits per heavy atom. The molecule has 16 heavy (non-hydrogen) atoms. The third kappa shape index (κ3) is 1.98. The fourth-order valence-corrected chi connectivity index (χ4v) is 1.33. The number of hydrogen-bond donors (Lipinski definition) is 1. The molecule has 0 heterocycles. The van der Waals surface area contributed by atoms with Gasteiger partial charge in [-0.1, -0.05) is 0 Å². The molecule has 0 atom stereocenters. The van der Waals surface area contributed by atoms with Gasteiger partial charge in [0, 0.05) is 0 Å². The summed E-state index contributed by atoms with van der Waals surface area (Å²) in [5.74, 6) is -0.818. The van der Waals surface area contributed by atoms with Crippen LogP contribution in [0.25, 0.3) is 0 Å². The molecule has 0 aliphatic carbocycles. The molecule has 0 amide bonds. The van der Waals surface area contributed by atoms with Gasteiger partial charge in [-0.15, -0.1) is 0 Å². The van der Waals surface area contributed by atoms with Crippen LogP contribution in [0.1, 0.15) is 28.4 Å². The van der Waals surface area contributed by atoms with Gasteiger partial charge in [0.05, 0.1) is 22.4 Å². The Balaban J connectivity index is 3.62. The molecular weight excluding hydrogens is 221 g/mol. The molecule has 0 aromatic heterocycles. The second-order valence-electron chi connectivity index (χ2n) is 3.12. The van der Waals surface area contributed by atoms with Crippen molar-refractivity contribution in [3.63, 3.8) is 0 Å². The number of nitriles is 1. The fourth-order valence-electron chi connectivity index (χ4n) is 1.33. The van der Waals surface area contributed by atoms with Crippen LogP contribution in [0.5, 0.6) is 0 Å². The number of nitrogen functional groups attached to an aromatic ring is 1. The molecule has 0 saturated heterocycles. The maximum absolute atomic E-state index is 12.5. The highest BCUT2D eigenvalue weighted by atomic mass is 19.4. The zero-order chi connectivity index (χ0) is 12.5. The van der Waals surface area contributed by atoms with Gasteiger partial charge in [-0.2, -0.15) is 18.4 Å². The lowest BCUT2D eigenvalue weighted by molar-refractivity contribution is -0.137. The Labute approximate surface area is 89.3 Å². The van der Waals surface area contributed by atoms with Crippen molar-refractivity contribution in [2.24, 2.45) is 0 Å². The predicted octanol–water partition coefficient (Wildman–Crippen LogP) is 2.36. The number of nitrogens with zero attached hydrogens (tertiary/aromatic N) is 1. The van der Waals surface area contributed by atoms with Crippen LogP contribution in [0.15, 0.2) is 12.1 Å². The van der Waals surface area contributed by atoms with E-state index in [1.165, 1.54) is 0 Å². The summed E-state index contributed by atoms with van der Waals surface area (Å²) in [7, 11) is 0. The molecule has 0 radical (unpaired) electrons. The number of Topliss-reactive ketones (excluding diaryl/α,β-unsaturated/α-hetero) is 1. The topological polar surface area (TPSA) is 66.9 Å². The smallest absolute Gasteiger partial charge is 0.397 e. The minimum Gasteiger partial charge on any atom is -0.397 e. The standard InChI is InChI=1S/C10H7F3N2O/c1-5(16)8-7(10(11,12)13)3-2-6(4-14)9(8)15/h2-3H,15H2,1H3. The van der Waals surface area contributed by atoms with Gasteiger partial charge in [-0.25, -0.2) is 0 Å². The summed E-state index contributed by atoms with van der Waals surface area (Å²) in [5.41, 5.74) is 3.02. The van der Waals surface area contributed by atoms with Gasteiger partial charge in [0.2, 0.25) is 0 Å². The van der Waals surface area contributed by atoms with Crippen molar-refractivity contribution < 1.29 is 18.0 Å². The number of halogens is 3. The molecule has 0 aliphatic rings. The molecule has 0 fully saturated rings. The van der Waals surface area contributed by atoms with E-state index in [0.717, 1.165) is 13.0 Å². The van der Waals surface area contributed by atoms with Crippen LogP contribution < -0.4 is 5.73 Å². The third-order valence-corrected chi connectivity index (χ3v) is 2.02. The summed E-state index contributed by atoms with van der Waals surface area (Å²) < 4.78 is 37.6. The molecule has 1 aromatic rings. The molecule has 6 heteroatoms. The maximum atomic E-state index is 12.5. The normalized spacial score (nSPS) is 10.9. The molecule has 3 nitrogen and oxygen atoms in total. The highest BCUT2D eigenvalue weighted by molar-refractivity contribution is 6.01. The van der Waals surface area contributed by atoms with E-state index in [1.54, 1.807) is 6.07 Å². The number of carbonyl (C=O) groups is 1. The number of rotatable bonds is 1. The highest BCUT2D eigenvalue weighted by Crippen LogP contribution is 2.35. The highest BCUT2D eigenvalue weighted by Gasteiger charge is 2.35. The van der Waals surface area contributed by atoms with E-state index in [2.05, 4.69) is 0 Å². The molecule has 1 aromatic carbocycles. The zero-order valence-electron chi connectivity index (χ0n) is 8.22. The van der Waals surface area contributed by atoms with Crippen LogP contribution in [0.3, 0.4) is 0 Å². The first-order valence-corrected chi connectivity index (χ1v) is 4.19. The number of alkyl halides is 3. The largest absolute Gasteiger partial charge is 0.417 e. The fraction of sp³-hybridized carbons (Fsp3) is 0.200. The van der Waals surface area contributed by atoms with Gasteiger partial charge in [-0.05, 0) is 19.1 Å². The van der Waals surface area contributed by atoms with Crippen LogP contribution in [0.2, 0.25) is 0 Å². The SMILES string of the molecule is CC(=O)c1c(C(F)(F)F)ccc(C#N)c1N. The van der Waals surface area contributed by atoms with Gasteiger partial charge in [0.1, 0.15) is 6.07 Å². The molecule has 0 aliphatic heterocycles. The quantitative estimate of drug-likeness (QED) is 0.592. The lowest BCUT2D eigenvalue weighted by Gasteiger charge is -2.13. The number of hydrogen-bond acceptors (Lipinski definition) is 3. The van der Waals surface area contributed by atoms with E-state index in [9.17, 15) is 18.0 Å². The lowest BCUT2D eigenvalue weighted by Crippen LogP contribution is -2.14. The van der Waals surface area contributed by atoms with Crippen molar-refractivity contribution in [3.8, 4) is 6.07 Å². The molecule has 2 N–H and O–H groups in total. The second kappa shape index (κ2) is 3.85. The Morgan fingerprint density at radius 1 is 1.44 bits per heavy atom. The van der Waals surface area contributed by atoms with Gasteiger partial charge >= 0.3 is 6.18 Å². The van der Waals surface area contributed by atoms with Crippen molar-refractivity contribution in [1.82, 2.24) is 0 Å². The Morgan fingerprint density at radius 3 is 2.38 bits per heavy atom. The summed E-state index contributed by atoms with van der Waals surface area (Å²) >= 11 is 0. The second-order valence-corrected chi connectivity index (χ2v) is 3.12. The minimum atomic E-state index is -4.66. The summed E-state index contributed by atoms with van der Waals surface area (Å²) in [6.45, 7) is 0.974. The Kier molecular flexibility index (Phi) is 2.90. The number of nitrogens with two attached hydrogens (primary N) is 1. The average Bonchev–Trinajstić information content (AvgIpc) is 2.15. The first kappa shape index (κ1) is 12.0. The lowest BCUT2D eigenvalue weighted by atomic mass is 9.98. The van der Waals surface area contributed by atoms with Crippen molar-refractivity contribution in [1.29, 1.82) is 5.26 Å². The van der Waals surface area contributed by atoms with E-state index in [-0.39, 0.29) is 5.56 Å². The molecule has 0 bridgehead atoms. The van der Waals surface area contributed by atoms with Crippen molar-refractivity contribution in [2.75, 3.05) is 5.73 Å². The van der Waals surface area contributed by atoms with Gasteiger partial charge in [0.15, 0.2) is 5.78 Å². The summed E-state index contributed by atoms with van der Waals surface area (Å²) in [4.78, 5) is 11.1. The Bertz CT molecular complexity index is 486. The van der Waals surface area contributed by atoms with E-state index >= 15 is 0 Å². The van der Waals surface area contributed by atoms with E-state index in [1.807, 2.05) is 0 Å². The molecule has 84 valence electrons. The zero-order valence-corrected chi connectivity index (χ0v) is 8.22. The number of benzene rings is 1. The van der Waals surface area contributed by atoms with E-state index in [0.29, 0.717) is 6.07 Å². The first-order valence-electron chi connectivity index (χ1n) is 4.19. The van der Waals surface area contributed by atoms with Crippen LogP contribution >= 0.6 is 0 Å². The van der Waals surface area contributed by atoms with Gasteiger partial charge < -0.3 is 5.73 Å². The van der Waals surface area contributed by atoms with Crippen LogP contribution in [-0.2, 0) is 6.18 Å². The average molecular weight is 228 g/mol. The number of carbonyl (C=O) groups excluding carboxylic acids is 1. The summed E-state index contributed by atoms with van der Waals surface area (Å²) in [5, 5.41) is 8.60. The summed E-state index contributed by atoms with van der Waals surface area (Å²) in [6, 6.07) is 3.26. The number of anilines is 1. The van der Waals surface area contributed by atoms with Gasteiger partial charge in [0.25, 0.3) is 0 Å². The van der Waals surface area contributed by atoms with E-state index in [4.69, 9.17) is 11.0 Å². The molecule has 0 saturated carbocycles.